The van der Waals surface area contributed by atoms with E-state index in [-0.39, 0.29) is 47.8 Å². The first-order valence-electron chi connectivity index (χ1n) is 15.0. The predicted molar refractivity (Wildman–Crippen MR) is 188 cm³/mol. The maximum absolute atomic E-state index is 12.0. The van der Waals surface area contributed by atoms with Gasteiger partial charge in [0.05, 0.1) is 9.92 Å². The molecule has 0 saturated carbocycles. The van der Waals surface area contributed by atoms with Crippen molar-refractivity contribution in [3.63, 3.8) is 0 Å². The molecular weight excluding hydrogens is 708 g/mol. The van der Waals surface area contributed by atoms with Crippen LogP contribution in [-0.4, -0.2) is 62.1 Å². The molecule has 0 radical (unpaired) electrons. The lowest BCUT2D eigenvalue weighted by atomic mass is 9.93. The highest BCUT2D eigenvalue weighted by Crippen LogP contribution is 2.36. The molecule has 0 unspecified atom stereocenters. The Hall–Kier alpha value is -4.65. The number of aromatic nitrogens is 1. The Bertz CT molecular complexity index is 2150. The molecule has 1 aromatic heterocycles. The lowest BCUT2D eigenvalue weighted by Crippen LogP contribution is -2.41. The van der Waals surface area contributed by atoms with Crippen LogP contribution in [0.15, 0.2) is 71.9 Å². The maximum atomic E-state index is 12.0. The topological polar surface area (TPSA) is 178 Å². The molecule has 3 aromatic carbocycles. The van der Waals surface area contributed by atoms with Gasteiger partial charge in [0.1, 0.15) is 48.9 Å². The minimum atomic E-state index is -4.62. The van der Waals surface area contributed by atoms with Crippen LogP contribution >= 0.6 is 11.6 Å². The zero-order valence-electron chi connectivity index (χ0n) is 27.3. The lowest BCUT2D eigenvalue weighted by Gasteiger charge is -2.19. The van der Waals surface area contributed by atoms with Crippen molar-refractivity contribution in [1.82, 2.24) is 10.3 Å². The van der Waals surface area contributed by atoms with Crippen molar-refractivity contribution in [2.24, 2.45) is 0 Å². The first-order chi connectivity index (χ1) is 23.6. The summed E-state index contributed by atoms with van der Waals surface area (Å²) in [6, 6.07) is 14.3. The Labute approximate surface area is 296 Å². The summed E-state index contributed by atoms with van der Waals surface area (Å²) in [7, 11) is -8.16. The van der Waals surface area contributed by atoms with Gasteiger partial charge in [-0.2, -0.15) is 8.42 Å². The van der Waals surface area contributed by atoms with Crippen molar-refractivity contribution in [3.8, 4) is 40.7 Å². The second kappa shape index (κ2) is 16.4. The van der Waals surface area contributed by atoms with Crippen LogP contribution in [0, 0.1) is 26.2 Å². The molecule has 1 heterocycles. The molecule has 50 heavy (non-hydrogen) atoms. The highest BCUT2D eigenvalue weighted by molar-refractivity contribution is 7.90. The summed E-state index contributed by atoms with van der Waals surface area (Å²) < 4.78 is 74.0. The molecule has 0 amide bonds. The van der Waals surface area contributed by atoms with Crippen molar-refractivity contribution in [3.05, 3.63) is 99.8 Å². The number of carbonyl (C=O) groups is 1. The summed E-state index contributed by atoms with van der Waals surface area (Å²) in [5.74, 6) is 0.995. The van der Waals surface area contributed by atoms with Gasteiger partial charge in [-0.1, -0.05) is 47.9 Å². The van der Waals surface area contributed by atoms with Crippen LogP contribution < -0.4 is 19.5 Å². The normalized spacial score (nSPS) is 12.2. The van der Waals surface area contributed by atoms with E-state index in [1.165, 1.54) is 30.6 Å². The standard InChI is InChI=1S/C35H35ClN2O10S2/c1-5-12-46-32-11-7-10-29(23(32)3)28-9-6-8-25(22(28)2)20-48-34-15-33(47-19-24-13-27(18-37-16-24)49(4,41)42)26(14-30(34)36)17-38-31(35(39)40)21-50(43,44)45/h1,6-11,13-16,18,31,38H,12,17,19-21H2,2-4H3,(H,39,40)(H,43,44,45)/t31-/m0/s1. The molecule has 0 saturated heterocycles. The van der Waals surface area contributed by atoms with E-state index in [1.54, 1.807) is 0 Å². The molecule has 0 aliphatic heterocycles. The van der Waals surface area contributed by atoms with Gasteiger partial charge in [-0.25, -0.2) is 8.42 Å². The molecule has 264 valence electrons. The van der Waals surface area contributed by atoms with Gasteiger partial charge < -0.3 is 19.3 Å². The number of terminal acetylenes is 1. The van der Waals surface area contributed by atoms with E-state index >= 15 is 0 Å². The molecule has 4 rings (SSSR count). The van der Waals surface area contributed by atoms with E-state index < -0.39 is 37.7 Å². The zero-order valence-corrected chi connectivity index (χ0v) is 29.7. The number of benzene rings is 3. The van der Waals surface area contributed by atoms with E-state index in [1.807, 2.05) is 50.2 Å². The van der Waals surface area contributed by atoms with Gasteiger partial charge in [0.25, 0.3) is 10.1 Å². The molecule has 0 spiro atoms. The molecule has 3 N–H and O–H groups in total. The SMILES string of the molecule is C#CCOc1cccc(-c2cccc(COc3cc(OCc4cncc(S(C)(=O)=O)c4)c(CN[C@@H](CS(=O)(=O)O)C(=O)O)cc3Cl)c2C)c1C. The van der Waals surface area contributed by atoms with Crippen LogP contribution in [0.4, 0.5) is 0 Å². The number of sulfone groups is 1. The summed E-state index contributed by atoms with van der Waals surface area (Å²) in [6.45, 7) is 3.82. The Kier molecular flexibility index (Phi) is 12.5. The van der Waals surface area contributed by atoms with Gasteiger partial charge in [-0.05, 0) is 59.9 Å². The third-order valence-corrected chi connectivity index (χ3v) is 9.77. The van der Waals surface area contributed by atoms with Gasteiger partial charge in [0.15, 0.2) is 9.84 Å². The minimum absolute atomic E-state index is 0.00487. The van der Waals surface area contributed by atoms with Crippen LogP contribution in [0.2, 0.25) is 5.02 Å². The number of hydrogen-bond donors (Lipinski definition) is 3. The van der Waals surface area contributed by atoms with Crippen molar-refractivity contribution < 1.29 is 45.5 Å². The third-order valence-electron chi connectivity index (χ3n) is 7.64. The van der Waals surface area contributed by atoms with E-state index in [0.717, 1.165) is 34.1 Å². The second-order valence-electron chi connectivity index (χ2n) is 11.3. The van der Waals surface area contributed by atoms with Gasteiger partial charge in [0.2, 0.25) is 0 Å². The largest absolute Gasteiger partial charge is 0.488 e. The Morgan fingerprint density at radius 1 is 0.920 bits per heavy atom. The molecule has 12 nitrogen and oxygen atoms in total. The number of nitrogens with one attached hydrogen (secondary N) is 1. The number of ether oxygens (including phenoxy) is 3. The summed E-state index contributed by atoms with van der Waals surface area (Å²) in [6.07, 6.45) is 9.07. The molecule has 0 bridgehead atoms. The molecule has 1 atom stereocenters. The fraction of sp³-hybridized carbons (Fsp3) is 0.257. The molecule has 15 heteroatoms. The first kappa shape index (κ1) is 38.2. The van der Waals surface area contributed by atoms with Crippen LogP contribution in [0.1, 0.15) is 27.8 Å². The summed E-state index contributed by atoms with van der Waals surface area (Å²) in [5, 5.41) is 12.2. The van der Waals surface area contributed by atoms with Crippen LogP contribution in [0.25, 0.3) is 11.1 Å². The molecule has 0 aliphatic carbocycles. The smallest absolute Gasteiger partial charge is 0.321 e. The average Bonchev–Trinajstić information content (AvgIpc) is 3.05. The van der Waals surface area contributed by atoms with E-state index in [0.29, 0.717) is 16.9 Å². The molecule has 0 aliphatic rings. The highest BCUT2D eigenvalue weighted by atomic mass is 35.5. The summed E-state index contributed by atoms with van der Waals surface area (Å²) in [4.78, 5) is 15.7. The number of halogens is 1. The minimum Gasteiger partial charge on any atom is -0.488 e. The number of aliphatic carboxylic acids is 1. The van der Waals surface area contributed by atoms with Crippen LogP contribution in [-0.2, 0) is 44.5 Å². The number of pyridine rings is 1. The lowest BCUT2D eigenvalue weighted by molar-refractivity contribution is -0.138. The fourth-order valence-corrected chi connectivity index (χ4v) is 6.54. The Balaban J connectivity index is 1.63. The zero-order chi connectivity index (χ0) is 36.6. The van der Waals surface area contributed by atoms with Gasteiger partial charge >= 0.3 is 5.97 Å². The molecule has 0 fully saturated rings. The second-order valence-corrected chi connectivity index (χ2v) is 15.2. The first-order valence-corrected chi connectivity index (χ1v) is 18.8. The number of carboxylic acid groups (broad SMARTS) is 1. The van der Waals surface area contributed by atoms with E-state index in [4.69, 9.17) is 32.2 Å². The number of carboxylic acids is 1. The molecule has 4 aromatic rings. The van der Waals surface area contributed by atoms with Crippen LogP contribution in [0.3, 0.4) is 0 Å². The Morgan fingerprint density at radius 3 is 2.26 bits per heavy atom. The summed E-state index contributed by atoms with van der Waals surface area (Å²) in [5.41, 5.74) is 5.43. The van der Waals surface area contributed by atoms with Crippen molar-refractivity contribution in [2.45, 2.75) is 44.5 Å². The highest BCUT2D eigenvalue weighted by Gasteiger charge is 2.24. The monoisotopic (exact) mass is 742 g/mol. The number of hydrogen-bond acceptors (Lipinski definition) is 10. The Morgan fingerprint density at radius 2 is 1.60 bits per heavy atom. The van der Waals surface area contributed by atoms with Crippen molar-refractivity contribution >= 4 is 37.5 Å². The van der Waals surface area contributed by atoms with E-state index in [2.05, 4.69) is 16.2 Å². The maximum Gasteiger partial charge on any atom is 0.321 e. The van der Waals surface area contributed by atoms with Gasteiger partial charge in [-0.15, -0.1) is 6.42 Å². The fourth-order valence-electron chi connectivity index (χ4n) is 5.00. The van der Waals surface area contributed by atoms with Gasteiger partial charge in [0, 0.05) is 42.4 Å². The van der Waals surface area contributed by atoms with Crippen LogP contribution in [0.5, 0.6) is 17.2 Å². The molecular formula is C35H35ClN2O10S2. The quantitative estimate of drug-likeness (QED) is 0.103. The van der Waals surface area contributed by atoms with E-state index in [9.17, 15) is 31.3 Å². The van der Waals surface area contributed by atoms with Gasteiger partial charge in [-0.3, -0.25) is 19.6 Å². The number of rotatable bonds is 16. The predicted octanol–water partition coefficient (Wildman–Crippen LogP) is 5.02. The average molecular weight is 743 g/mol. The third kappa shape index (κ3) is 10.2. The van der Waals surface area contributed by atoms with Crippen molar-refractivity contribution in [1.29, 1.82) is 0 Å². The van der Waals surface area contributed by atoms with Crippen molar-refractivity contribution in [2.75, 3.05) is 18.6 Å². The number of nitrogens with zero attached hydrogens (tertiary/aromatic N) is 1. The summed E-state index contributed by atoms with van der Waals surface area (Å²) >= 11 is 6.62.